The van der Waals surface area contributed by atoms with E-state index in [1.54, 1.807) is 4.90 Å². The van der Waals surface area contributed by atoms with Gasteiger partial charge in [-0.3, -0.25) is 19.3 Å². The number of unbranched alkanes of at least 4 members (excludes halogenated alkanes) is 1. The molecule has 0 radical (unpaired) electrons. The molecule has 3 amide bonds. The summed E-state index contributed by atoms with van der Waals surface area (Å²) in [5, 5.41) is 3.06. The highest BCUT2D eigenvalue weighted by Gasteiger charge is 2.60. The fourth-order valence-corrected chi connectivity index (χ4v) is 7.48. The number of rotatable bonds is 6. The molecule has 2 bridgehead atoms. The Morgan fingerprint density at radius 3 is 2.18 bits per heavy atom. The third-order valence-corrected chi connectivity index (χ3v) is 9.21. The van der Waals surface area contributed by atoms with E-state index in [1.165, 1.54) is 0 Å². The highest BCUT2D eigenvalue weighted by Crippen LogP contribution is 2.56. The average Bonchev–Trinajstić information content (AvgIpc) is 3.59. The van der Waals surface area contributed by atoms with Gasteiger partial charge >= 0.3 is 0 Å². The van der Waals surface area contributed by atoms with E-state index in [1.807, 2.05) is 18.2 Å². The molecule has 0 unspecified atom stereocenters. The lowest BCUT2D eigenvalue weighted by atomic mass is 9.81. The summed E-state index contributed by atoms with van der Waals surface area (Å²) in [6, 6.07) is 10.2. The average molecular weight is 451 g/mol. The smallest absolute Gasteiger partial charge is 0.247 e. The molecular formula is C26H34N4O3. The number of imide groups is 1. The molecule has 176 valence electrons. The van der Waals surface area contributed by atoms with E-state index in [0.29, 0.717) is 25.0 Å². The van der Waals surface area contributed by atoms with Gasteiger partial charge < -0.3 is 15.1 Å². The monoisotopic (exact) mass is 450 g/mol. The van der Waals surface area contributed by atoms with Crippen molar-refractivity contribution in [2.75, 3.05) is 37.7 Å². The van der Waals surface area contributed by atoms with Gasteiger partial charge in [-0.2, -0.15) is 0 Å². The Morgan fingerprint density at radius 2 is 1.52 bits per heavy atom. The molecule has 7 heteroatoms. The normalized spacial score (nSPS) is 32.8. The Bertz CT molecular complexity index is 914. The molecule has 2 aliphatic carbocycles. The number of fused-ring (bicyclic) bond motifs is 5. The van der Waals surface area contributed by atoms with Crippen LogP contribution < -0.4 is 10.2 Å². The highest BCUT2D eigenvalue weighted by atomic mass is 16.2. The van der Waals surface area contributed by atoms with Crippen LogP contribution in [0.1, 0.15) is 44.9 Å². The molecule has 0 aromatic heterocycles. The summed E-state index contributed by atoms with van der Waals surface area (Å²) >= 11 is 0. The van der Waals surface area contributed by atoms with Gasteiger partial charge in [-0.15, -0.1) is 0 Å². The zero-order chi connectivity index (χ0) is 22.6. The predicted molar refractivity (Wildman–Crippen MR) is 124 cm³/mol. The van der Waals surface area contributed by atoms with Crippen LogP contribution in [0, 0.1) is 23.7 Å². The summed E-state index contributed by atoms with van der Waals surface area (Å²) in [5.41, 5.74) is 0.658. The molecule has 5 aliphatic rings. The molecule has 4 atom stereocenters. The number of likely N-dealkylation sites (tertiary alicyclic amines) is 2. The number of hydrogen-bond donors (Lipinski definition) is 1. The minimum absolute atomic E-state index is 0.000322. The topological polar surface area (TPSA) is 73.0 Å². The number of carbonyl (C=O) groups excluding carboxylic acids is 3. The number of piperidine rings is 1. The summed E-state index contributed by atoms with van der Waals surface area (Å²) in [7, 11) is 0. The predicted octanol–water partition coefficient (Wildman–Crippen LogP) is 2.23. The number of amides is 3. The minimum atomic E-state index is -0.441. The van der Waals surface area contributed by atoms with E-state index in [2.05, 4.69) is 27.2 Å². The van der Waals surface area contributed by atoms with Crippen LogP contribution in [0.15, 0.2) is 30.3 Å². The number of carbonyl (C=O) groups is 3. The number of nitrogens with one attached hydrogen (secondary N) is 1. The summed E-state index contributed by atoms with van der Waals surface area (Å²) in [6.07, 6.45) is 6.85. The third-order valence-electron chi connectivity index (χ3n) is 9.21. The number of para-hydroxylation sites is 1. The van der Waals surface area contributed by atoms with Crippen LogP contribution in [-0.2, 0) is 14.4 Å². The Labute approximate surface area is 195 Å². The summed E-state index contributed by atoms with van der Waals surface area (Å²) in [5.74, 6) is 1.31. The Kier molecular flexibility index (Phi) is 5.20. The van der Waals surface area contributed by atoms with Crippen LogP contribution >= 0.6 is 0 Å². The molecule has 1 aromatic carbocycles. The van der Waals surface area contributed by atoms with E-state index in [-0.39, 0.29) is 29.6 Å². The molecule has 1 aromatic rings. The van der Waals surface area contributed by atoms with E-state index in [0.717, 1.165) is 70.3 Å². The van der Waals surface area contributed by atoms with Gasteiger partial charge in [0.25, 0.3) is 0 Å². The van der Waals surface area contributed by atoms with Gasteiger partial charge in [0.15, 0.2) is 0 Å². The van der Waals surface area contributed by atoms with Gasteiger partial charge in [0.05, 0.1) is 18.5 Å². The quantitative estimate of drug-likeness (QED) is 0.532. The molecular weight excluding hydrogens is 416 g/mol. The maximum atomic E-state index is 12.9. The van der Waals surface area contributed by atoms with Crippen molar-refractivity contribution in [3.05, 3.63) is 30.3 Å². The number of anilines is 1. The second kappa shape index (κ2) is 8.12. The molecule has 7 nitrogen and oxygen atoms in total. The minimum Gasteiger partial charge on any atom is -0.339 e. The largest absolute Gasteiger partial charge is 0.339 e. The highest BCUT2D eigenvalue weighted by molar-refractivity contribution is 6.06. The number of nitrogens with zero attached hydrogens (tertiary/aromatic N) is 3. The maximum Gasteiger partial charge on any atom is 0.247 e. The molecule has 3 heterocycles. The van der Waals surface area contributed by atoms with Crippen molar-refractivity contribution in [1.29, 1.82) is 0 Å². The molecule has 2 saturated carbocycles. The third kappa shape index (κ3) is 3.30. The Hall–Kier alpha value is -2.41. The van der Waals surface area contributed by atoms with Gasteiger partial charge in [0.2, 0.25) is 17.7 Å². The van der Waals surface area contributed by atoms with Crippen LogP contribution in [0.2, 0.25) is 0 Å². The van der Waals surface area contributed by atoms with Crippen molar-refractivity contribution in [1.82, 2.24) is 15.1 Å². The molecule has 33 heavy (non-hydrogen) atoms. The first-order valence-corrected chi connectivity index (χ1v) is 12.8. The van der Waals surface area contributed by atoms with Crippen LogP contribution in [0.4, 0.5) is 5.69 Å². The first-order valence-electron chi connectivity index (χ1n) is 12.8. The first kappa shape index (κ1) is 21.1. The van der Waals surface area contributed by atoms with E-state index in [9.17, 15) is 14.4 Å². The first-order chi connectivity index (χ1) is 16.1. The second-order valence-corrected chi connectivity index (χ2v) is 10.7. The molecule has 6 rings (SSSR count). The summed E-state index contributed by atoms with van der Waals surface area (Å²) < 4.78 is 0. The van der Waals surface area contributed by atoms with Crippen molar-refractivity contribution in [2.45, 2.75) is 50.5 Å². The zero-order valence-corrected chi connectivity index (χ0v) is 19.2. The lowest BCUT2D eigenvalue weighted by Crippen LogP contribution is -2.56. The Balaban J connectivity index is 0.994. The maximum absolute atomic E-state index is 12.9. The number of benzene rings is 1. The van der Waals surface area contributed by atoms with E-state index >= 15 is 0 Å². The van der Waals surface area contributed by atoms with Crippen LogP contribution in [-0.4, -0.2) is 65.9 Å². The van der Waals surface area contributed by atoms with Gasteiger partial charge in [-0.1, -0.05) is 18.2 Å². The SMILES string of the molecule is O=C1[C@@H]2[C@H]3CC[C@H](C3)[C@@H]2C(=O)N1CCCCN1CCC2(CC1)C(=O)NCN2c1ccccc1. The van der Waals surface area contributed by atoms with Crippen LogP contribution in [0.3, 0.4) is 0 Å². The second-order valence-electron chi connectivity index (χ2n) is 10.7. The lowest BCUT2D eigenvalue weighted by molar-refractivity contribution is -0.140. The Morgan fingerprint density at radius 1 is 0.879 bits per heavy atom. The molecule has 3 saturated heterocycles. The van der Waals surface area contributed by atoms with E-state index < -0.39 is 5.54 Å². The van der Waals surface area contributed by atoms with Crippen LogP contribution in [0.25, 0.3) is 0 Å². The molecule has 1 spiro atoms. The van der Waals surface area contributed by atoms with Crippen molar-refractivity contribution in [3.8, 4) is 0 Å². The van der Waals surface area contributed by atoms with Gasteiger partial charge in [0, 0.05) is 25.3 Å². The standard InChI is InChI=1S/C26H34N4O3/c31-23-21-18-8-9-19(16-18)22(21)24(32)29(23)13-5-4-12-28-14-10-26(11-15-28)25(33)27-17-30(26)20-6-2-1-3-7-20/h1-3,6-7,18-19,21-22H,4-5,8-17H2,(H,27,33)/t18-,19+,21+,22-. The van der Waals surface area contributed by atoms with Crippen molar-refractivity contribution < 1.29 is 14.4 Å². The van der Waals surface area contributed by atoms with Crippen molar-refractivity contribution >= 4 is 23.4 Å². The van der Waals surface area contributed by atoms with E-state index in [4.69, 9.17) is 0 Å². The van der Waals surface area contributed by atoms with Crippen molar-refractivity contribution in [2.24, 2.45) is 23.7 Å². The zero-order valence-electron chi connectivity index (χ0n) is 19.2. The van der Waals surface area contributed by atoms with Crippen LogP contribution in [0.5, 0.6) is 0 Å². The van der Waals surface area contributed by atoms with Gasteiger partial charge in [-0.05, 0) is 75.5 Å². The lowest BCUT2D eigenvalue weighted by Gasteiger charge is -2.43. The summed E-state index contributed by atoms with van der Waals surface area (Å²) in [4.78, 5) is 44.8. The molecule has 1 N–H and O–H groups in total. The van der Waals surface area contributed by atoms with Crippen molar-refractivity contribution in [3.63, 3.8) is 0 Å². The van der Waals surface area contributed by atoms with Gasteiger partial charge in [0.1, 0.15) is 5.54 Å². The molecule has 5 fully saturated rings. The molecule has 3 aliphatic heterocycles. The summed E-state index contributed by atoms with van der Waals surface area (Å²) in [6.45, 7) is 3.89. The van der Waals surface area contributed by atoms with Gasteiger partial charge in [-0.25, -0.2) is 0 Å². The fourth-order valence-electron chi connectivity index (χ4n) is 7.48. The number of hydrogen-bond acceptors (Lipinski definition) is 5. The fraction of sp³-hybridized carbons (Fsp3) is 0.654.